The Hall–Kier alpha value is -0.450. The number of hydrogen-bond acceptors (Lipinski definition) is 1. The minimum absolute atomic E-state index is 0.312. The standard InChI is InChI=1S/C5H4BrF2N2/c1-3-2-9-10-4(3)5(6,7)8/h2H,1H3. The van der Waals surface area contributed by atoms with Gasteiger partial charge in [-0.2, -0.15) is 13.9 Å². The Balaban J connectivity index is 2.86. The Morgan fingerprint density at radius 2 is 2.20 bits per heavy atom. The molecule has 0 saturated carbocycles. The fourth-order valence-electron chi connectivity index (χ4n) is 0.593. The molecule has 5 heteroatoms. The Labute approximate surface area is 65.1 Å². The lowest BCUT2D eigenvalue weighted by Gasteiger charge is -2.07. The molecule has 1 heterocycles. The summed E-state index contributed by atoms with van der Waals surface area (Å²) >= 11 is 2.18. The lowest BCUT2D eigenvalue weighted by atomic mass is 10.3. The molecule has 0 aromatic carbocycles. The van der Waals surface area contributed by atoms with Crippen LogP contribution in [0.15, 0.2) is 16.4 Å². The van der Waals surface area contributed by atoms with Crippen molar-refractivity contribution in [2.75, 3.05) is 0 Å². The first-order valence-corrected chi connectivity index (χ1v) is 3.33. The maximum atomic E-state index is 12.4. The molecule has 0 saturated heterocycles. The van der Waals surface area contributed by atoms with Gasteiger partial charge in [-0.15, -0.1) is 5.43 Å². The second-order valence-electron chi connectivity index (χ2n) is 1.87. The number of allylic oxidation sites excluding steroid dienone is 2. The molecule has 1 radical (unpaired) electrons. The highest BCUT2D eigenvalue weighted by Gasteiger charge is 2.34. The van der Waals surface area contributed by atoms with Gasteiger partial charge in [0, 0.05) is 0 Å². The molecule has 0 spiro atoms. The highest BCUT2D eigenvalue weighted by molar-refractivity contribution is 9.10. The van der Waals surface area contributed by atoms with Crippen LogP contribution in [-0.2, 0) is 0 Å². The molecular formula is C5H4BrF2N2. The van der Waals surface area contributed by atoms with Gasteiger partial charge in [0.05, 0.1) is 6.21 Å². The summed E-state index contributed by atoms with van der Waals surface area (Å²) in [6.07, 6.45) is 1.30. The van der Waals surface area contributed by atoms with Crippen LogP contribution in [0.5, 0.6) is 0 Å². The molecular weight excluding hydrogens is 206 g/mol. The summed E-state index contributed by atoms with van der Waals surface area (Å²) in [5.74, 6) is 0. The maximum absolute atomic E-state index is 12.4. The molecule has 2 nitrogen and oxygen atoms in total. The predicted molar refractivity (Wildman–Crippen MR) is 37.2 cm³/mol. The van der Waals surface area contributed by atoms with Crippen LogP contribution in [0.2, 0.25) is 0 Å². The molecule has 0 atom stereocenters. The quantitative estimate of drug-likeness (QED) is 0.590. The Morgan fingerprint density at radius 1 is 1.60 bits per heavy atom. The zero-order valence-corrected chi connectivity index (χ0v) is 6.69. The minimum Gasteiger partial charge on any atom is -0.186 e. The molecule has 0 aliphatic carbocycles. The van der Waals surface area contributed by atoms with E-state index in [4.69, 9.17) is 0 Å². The molecule has 0 bridgehead atoms. The van der Waals surface area contributed by atoms with Crippen molar-refractivity contribution in [3.63, 3.8) is 0 Å². The van der Waals surface area contributed by atoms with Crippen molar-refractivity contribution in [1.82, 2.24) is 5.43 Å². The van der Waals surface area contributed by atoms with Crippen molar-refractivity contribution in [2.45, 2.75) is 11.8 Å². The number of nitrogens with zero attached hydrogens (tertiary/aromatic N) is 2. The van der Waals surface area contributed by atoms with Crippen molar-refractivity contribution < 1.29 is 8.78 Å². The Kier molecular flexibility index (Phi) is 1.76. The number of halogens is 3. The molecule has 1 rings (SSSR count). The van der Waals surface area contributed by atoms with E-state index in [0.29, 0.717) is 5.57 Å². The van der Waals surface area contributed by atoms with E-state index in [1.54, 1.807) is 0 Å². The lowest BCUT2D eigenvalue weighted by Crippen LogP contribution is -2.15. The van der Waals surface area contributed by atoms with Crippen LogP contribution in [0.4, 0.5) is 8.78 Å². The summed E-state index contributed by atoms with van der Waals surface area (Å²) in [5, 5.41) is 3.33. The normalized spacial score (nSPS) is 18.0. The summed E-state index contributed by atoms with van der Waals surface area (Å²) in [6, 6.07) is 0. The third kappa shape index (κ3) is 1.34. The van der Waals surface area contributed by atoms with Crippen LogP contribution in [0, 0.1) is 0 Å². The van der Waals surface area contributed by atoms with Crippen LogP contribution in [0.1, 0.15) is 6.92 Å². The smallest absolute Gasteiger partial charge is 0.186 e. The van der Waals surface area contributed by atoms with Gasteiger partial charge in [-0.1, -0.05) is 0 Å². The lowest BCUT2D eigenvalue weighted by molar-refractivity contribution is 0.147. The Morgan fingerprint density at radius 3 is 2.40 bits per heavy atom. The maximum Gasteiger partial charge on any atom is 0.345 e. The third-order valence-corrected chi connectivity index (χ3v) is 1.43. The van der Waals surface area contributed by atoms with E-state index in [9.17, 15) is 8.78 Å². The van der Waals surface area contributed by atoms with Crippen LogP contribution in [0.25, 0.3) is 0 Å². The summed E-state index contributed by atoms with van der Waals surface area (Å²) in [4.78, 5) is -3.05. The van der Waals surface area contributed by atoms with E-state index in [-0.39, 0.29) is 5.70 Å². The summed E-state index contributed by atoms with van der Waals surface area (Å²) in [6.45, 7) is 1.53. The van der Waals surface area contributed by atoms with Crippen molar-refractivity contribution in [3.05, 3.63) is 11.3 Å². The minimum atomic E-state index is -3.05. The highest BCUT2D eigenvalue weighted by atomic mass is 79.9. The molecule has 0 aromatic heterocycles. The van der Waals surface area contributed by atoms with E-state index in [0.717, 1.165) is 0 Å². The van der Waals surface area contributed by atoms with Gasteiger partial charge >= 0.3 is 4.83 Å². The first-order valence-electron chi connectivity index (χ1n) is 2.54. The second kappa shape index (κ2) is 2.30. The van der Waals surface area contributed by atoms with E-state index in [1.165, 1.54) is 13.1 Å². The molecule has 0 N–H and O–H groups in total. The fraction of sp³-hybridized carbons (Fsp3) is 0.400. The first kappa shape index (κ1) is 7.65. The van der Waals surface area contributed by atoms with Crippen LogP contribution < -0.4 is 5.43 Å². The van der Waals surface area contributed by atoms with Gasteiger partial charge in [-0.25, -0.2) is 0 Å². The fourth-order valence-corrected chi connectivity index (χ4v) is 0.985. The van der Waals surface area contributed by atoms with Gasteiger partial charge in [-0.3, -0.25) is 0 Å². The van der Waals surface area contributed by atoms with E-state index in [1.807, 2.05) is 0 Å². The molecule has 0 amide bonds. The van der Waals surface area contributed by atoms with Gasteiger partial charge in [0.2, 0.25) is 0 Å². The van der Waals surface area contributed by atoms with Crippen LogP contribution in [0.3, 0.4) is 0 Å². The number of rotatable bonds is 1. The highest BCUT2D eigenvalue weighted by Crippen LogP contribution is 2.32. The Bertz CT molecular complexity index is 204. The zero-order chi connectivity index (χ0) is 7.78. The number of hydrogen-bond donors (Lipinski definition) is 0. The zero-order valence-electron chi connectivity index (χ0n) is 5.11. The summed E-state index contributed by atoms with van der Waals surface area (Å²) in [5.41, 5.74) is 3.32. The molecule has 0 unspecified atom stereocenters. The van der Waals surface area contributed by atoms with E-state index < -0.39 is 4.83 Å². The molecule has 1 aliphatic heterocycles. The second-order valence-corrected chi connectivity index (χ2v) is 2.87. The predicted octanol–water partition coefficient (Wildman–Crippen LogP) is 1.85. The van der Waals surface area contributed by atoms with E-state index >= 15 is 0 Å². The average Bonchev–Trinajstić information content (AvgIpc) is 2.11. The van der Waals surface area contributed by atoms with E-state index in [2.05, 4.69) is 26.5 Å². The van der Waals surface area contributed by atoms with Crippen molar-refractivity contribution >= 4 is 22.1 Å². The topological polar surface area (TPSA) is 26.5 Å². The van der Waals surface area contributed by atoms with Crippen molar-refractivity contribution in [3.8, 4) is 0 Å². The van der Waals surface area contributed by atoms with Gasteiger partial charge in [0.25, 0.3) is 0 Å². The molecule has 55 valence electrons. The summed E-state index contributed by atoms with van der Waals surface area (Å²) < 4.78 is 24.7. The monoisotopic (exact) mass is 209 g/mol. The number of alkyl halides is 3. The molecule has 0 fully saturated rings. The van der Waals surface area contributed by atoms with Gasteiger partial charge in [0.1, 0.15) is 5.70 Å². The largest absolute Gasteiger partial charge is 0.345 e. The molecule has 0 aromatic rings. The molecule has 10 heavy (non-hydrogen) atoms. The first-order chi connectivity index (χ1) is 4.52. The van der Waals surface area contributed by atoms with Gasteiger partial charge < -0.3 is 0 Å². The third-order valence-electron chi connectivity index (χ3n) is 1.05. The average molecular weight is 210 g/mol. The van der Waals surface area contributed by atoms with Gasteiger partial charge in [0.15, 0.2) is 0 Å². The van der Waals surface area contributed by atoms with Crippen molar-refractivity contribution in [2.24, 2.45) is 5.10 Å². The van der Waals surface area contributed by atoms with Crippen LogP contribution >= 0.6 is 15.9 Å². The molecule has 1 aliphatic rings. The van der Waals surface area contributed by atoms with Gasteiger partial charge in [-0.05, 0) is 28.4 Å². The summed E-state index contributed by atoms with van der Waals surface area (Å²) in [7, 11) is 0. The van der Waals surface area contributed by atoms with Crippen LogP contribution in [-0.4, -0.2) is 11.0 Å². The SMILES string of the molecule is CC1=C(C(F)(F)Br)[N]N=C1. The van der Waals surface area contributed by atoms with Crippen molar-refractivity contribution in [1.29, 1.82) is 0 Å².